The number of nitrogens with zero attached hydrogens (tertiary/aromatic N) is 3. The average molecular weight is 708 g/mol. The zero-order valence-corrected chi connectivity index (χ0v) is 32.4. The number of hydrogen-bond donors (Lipinski definition) is 0. The highest BCUT2D eigenvalue weighted by Gasteiger charge is 2.28. The van der Waals surface area contributed by atoms with E-state index in [9.17, 15) is 19.2 Å². The van der Waals surface area contributed by atoms with Crippen molar-refractivity contribution in [3.63, 3.8) is 0 Å². The molecule has 280 valence electrons. The topological polar surface area (TPSA) is 144 Å². The van der Waals surface area contributed by atoms with Gasteiger partial charge >= 0.3 is 23.9 Å². The molecule has 51 heavy (non-hydrogen) atoms. The van der Waals surface area contributed by atoms with Crippen molar-refractivity contribution in [2.45, 2.75) is 103 Å². The summed E-state index contributed by atoms with van der Waals surface area (Å²) in [5.41, 5.74) is -0.722. The Morgan fingerprint density at radius 2 is 1.02 bits per heavy atom. The Morgan fingerprint density at radius 1 is 0.569 bits per heavy atom. The number of pyridine rings is 1. The summed E-state index contributed by atoms with van der Waals surface area (Å²) in [4.78, 5) is 56.6. The SMILES string of the molecule is CC(C)(C)C(=O)OCC1CC1.CC(C)(C)C(=O)OCc1ccccc1.CC(C)(C)C(=O)Oc1cccnc1.CC(C)(C)C(=O)Oc1cncnc1. The summed E-state index contributed by atoms with van der Waals surface area (Å²) < 4.78 is 20.3. The third kappa shape index (κ3) is 20.6. The van der Waals surface area contributed by atoms with E-state index >= 15 is 0 Å². The lowest BCUT2D eigenvalue weighted by Crippen LogP contribution is -2.25. The highest BCUT2D eigenvalue weighted by Crippen LogP contribution is 2.29. The van der Waals surface area contributed by atoms with E-state index in [1.165, 1.54) is 37.8 Å². The monoisotopic (exact) mass is 707 g/mol. The third-order valence-corrected chi connectivity index (χ3v) is 6.40. The Kier molecular flexibility index (Phi) is 17.6. The molecule has 0 N–H and O–H groups in total. The quantitative estimate of drug-likeness (QED) is 0.229. The van der Waals surface area contributed by atoms with Gasteiger partial charge < -0.3 is 18.9 Å². The molecule has 1 saturated carbocycles. The van der Waals surface area contributed by atoms with Crippen molar-refractivity contribution in [1.82, 2.24) is 15.0 Å². The van der Waals surface area contributed by atoms with Crippen LogP contribution < -0.4 is 9.47 Å². The van der Waals surface area contributed by atoms with Crippen LogP contribution in [0.4, 0.5) is 0 Å². The molecule has 1 fully saturated rings. The summed E-state index contributed by atoms with van der Waals surface area (Å²) in [6.45, 7) is 23.0. The van der Waals surface area contributed by atoms with Crippen LogP contribution in [-0.4, -0.2) is 45.4 Å². The molecule has 1 aliphatic carbocycles. The first-order valence-corrected chi connectivity index (χ1v) is 17.0. The van der Waals surface area contributed by atoms with Crippen molar-refractivity contribution in [3.05, 3.63) is 79.1 Å². The predicted molar refractivity (Wildman–Crippen MR) is 195 cm³/mol. The smallest absolute Gasteiger partial charge is 0.316 e. The molecular formula is C40H57N3O8. The van der Waals surface area contributed by atoms with E-state index in [4.69, 9.17) is 18.9 Å². The number of esters is 4. The van der Waals surface area contributed by atoms with Gasteiger partial charge in [-0.25, -0.2) is 9.97 Å². The fraction of sp³-hybridized carbons (Fsp3) is 0.525. The highest BCUT2D eigenvalue weighted by atomic mass is 16.5. The number of carbonyl (C=O) groups is 4. The van der Waals surface area contributed by atoms with E-state index in [-0.39, 0.29) is 29.3 Å². The zero-order valence-electron chi connectivity index (χ0n) is 32.4. The summed E-state index contributed by atoms with van der Waals surface area (Å²) in [5.74, 6) is 0.750. The zero-order chi connectivity index (χ0) is 38.9. The molecule has 2 heterocycles. The van der Waals surface area contributed by atoms with Gasteiger partial charge in [-0.1, -0.05) is 30.3 Å². The van der Waals surface area contributed by atoms with Crippen LogP contribution in [0.2, 0.25) is 0 Å². The van der Waals surface area contributed by atoms with Gasteiger partial charge in [-0.2, -0.15) is 0 Å². The molecule has 0 aliphatic heterocycles. The fourth-order valence-corrected chi connectivity index (χ4v) is 2.90. The molecule has 0 atom stereocenters. The molecule has 0 spiro atoms. The highest BCUT2D eigenvalue weighted by molar-refractivity contribution is 5.78. The molecule has 4 rings (SSSR count). The van der Waals surface area contributed by atoms with Gasteiger partial charge in [0.2, 0.25) is 0 Å². The van der Waals surface area contributed by atoms with E-state index < -0.39 is 16.2 Å². The van der Waals surface area contributed by atoms with Gasteiger partial charge in [0.25, 0.3) is 0 Å². The second-order valence-electron chi connectivity index (χ2n) is 16.1. The van der Waals surface area contributed by atoms with Gasteiger partial charge in [-0.05, 0) is 120 Å². The lowest BCUT2D eigenvalue weighted by Gasteiger charge is -2.16. The minimum atomic E-state index is -0.504. The molecule has 1 aliphatic rings. The molecule has 11 nitrogen and oxygen atoms in total. The normalized spacial score (nSPS) is 12.5. The van der Waals surface area contributed by atoms with Crippen LogP contribution >= 0.6 is 0 Å². The van der Waals surface area contributed by atoms with E-state index in [1.54, 1.807) is 39.1 Å². The van der Waals surface area contributed by atoms with Crippen LogP contribution in [0.1, 0.15) is 101 Å². The molecule has 11 heteroatoms. The first-order valence-electron chi connectivity index (χ1n) is 17.0. The van der Waals surface area contributed by atoms with E-state index in [0.717, 1.165) is 5.56 Å². The van der Waals surface area contributed by atoms with Crippen LogP contribution in [-0.2, 0) is 35.3 Å². The van der Waals surface area contributed by atoms with E-state index in [0.29, 0.717) is 30.6 Å². The van der Waals surface area contributed by atoms with Crippen molar-refractivity contribution in [2.75, 3.05) is 6.61 Å². The van der Waals surface area contributed by atoms with Gasteiger partial charge in [0, 0.05) is 6.20 Å². The fourth-order valence-electron chi connectivity index (χ4n) is 2.90. The van der Waals surface area contributed by atoms with Gasteiger partial charge in [0.1, 0.15) is 18.7 Å². The summed E-state index contributed by atoms with van der Waals surface area (Å²) in [7, 11) is 0. The van der Waals surface area contributed by atoms with Gasteiger partial charge in [-0.15, -0.1) is 0 Å². The van der Waals surface area contributed by atoms with Crippen molar-refractivity contribution in [2.24, 2.45) is 27.6 Å². The van der Waals surface area contributed by atoms with Crippen molar-refractivity contribution in [1.29, 1.82) is 0 Å². The maximum atomic E-state index is 11.4. The third-order valence-electron chi connectivity index (χ3n) is 6.40. The number of carbonyl (C=O) groups excluding carboxylic acids is 4. The molecule has 3 aromatic rings. The lowest BCUT2D eigenvalue weighted by molar-refractivity contribution is -0.154. The number of aromatic nitrogens is 3. The van der Waals surface area contributed by atoms with Gasteiger partial charge in [0.15, 0.2) is 5.75 Å². The van der Waals surface area contributed by atoms with Crippen molar-refractivity contribution < 1.29 is 38.1 Å². The van der Waals surface area contributed by atoms with Crippen LogP contribution in [0.5, 0.6) is 11.5 Å². The first-order chi connectivity index (χ1) is 23.5. The minimum absolute atomic E-state index is 0.0793. The second-order valence-corrected chi connectivity index (χ2v) is 16.1. The standard InChI is InChI=1S/C12H16O2.C10H13NO2.C9H12N2O2.C9H16O2/c1-12(2,3)11(13)14-9-10-7-5-4-6-8-10;1-10(2,3)9(12)13-8-5-4-6-11-7-8;1-9(2,3)8(12)13-7-4-10-6-11-5-7;1-9(2,3)8(10)11-6-7-4-5-7/h4-8H,9H2,1-3H3;4-7H,1-3H3;4-6H,1-3H3;7H,4-6H2,1-3H3. The largest absolute Gasteiger partial charge is 0.465 e. The molecule has 2 aromatic heterocycles. The summed E-state index contributed by atoms with van der Waals surface area (Å²) in [6, 6.07) is 13.1. The number of hydrogen-bond acceptors (Lipinski definition) is 11. The lowest BCUT2D eigenvalue weighted by atomic mass is 9.97. The van der Waals surface area contributed by atoms with Crippen LogP contribution in [0.3, 0.4) is 0 Å². The Morgan fingerprint density at radius 3 is 1.45 bits per heavy atom. The molecule has 0 saturated heterocycles. The average Bonchev–Trinajstić information content (AvgIpc) is 3.88. The van der Waals surface area contributed by atoms with Crippen molar-refractivity contribution in [3.8, 4) is 11.5 Å². The maximum Gasteiger partial charge on any atom is 0.316 e. The molecule has 1 aromatic carbocycles. The maximum absolute atomic E-state index is 11.4. The number of ether oxygens (including phenoxy) is 4. The molecular weight excluding hydrogens is 650 g/mol. The number of benzene rings is 1. The van der Waals surface area contributed by atoms with Crippen LogP contribution in [0.15, 0.2) is 73.6 Å². The summed E-state index contributed by atoms with van der Waals surface area (Å²) >= 11 is 0. The van der Waals surface area contributed by atoms with Crippen molar-refractivity contribution >= 4 is 23.9 Å². The van der Waals surface area contributed by atoms with E-state index in [1.807, 2.05) is 92.6 Å². The first kappa shape index (κ1) is 44.4. The molecule has 0 amide bonds. The molecule has 0 bridgehead atoms. The Balaban J connectivity index is 0.000000341. The summed E-state index contributed by atoms with van der Waals surface area (Å²) in [6.07, 6.45) is 9.91. The Hall–Kier alpha value is -4.67. The number of rotatable bonds is 6. The minimum Gasteiger partial charge on any atom is -0.465 e. The van der Waals surface area contributed by atoms with E-state index in [2.05, 4.69) is 15.0 Å². The Bertz CT molecular complexity index is 1420. The Labute approximate surface area is 303 Å². The van der Waals surface area contributed by atoms with Gasteiger partial charge in [-0.3, -0.25) is 24.2 Å². The molecule has 0 radical (unpaired) electrons. The van der Waals surface area contributed by atoms with Crippen LogP contribution in [0, 0.1) is 27.6 Å². The van der Waals surface area contributed by atoms with Crippen LogP contribution in [0.25, 0.3) is 0 Å². The summed E-state index contributed by atoms with van der Waals surface area (Å²) in [5, 5.41) is 0. The van der Waals surface area contributed by atoms with Gasteiger partial charge in [0.05, 0.1) is 46.9 Å². The molecule has 0 unspecified atom stereocenters. The predicted octanol–water partition coefficient (Wildman–Crippen LogP) is 8.22. The second kappa shape index (κ2) is 20.2.